The molecule has 0 saturated heterocycles. The van der Waals surface area contributed by atoms with Crippen molar-refractivity contribution in [2.45, 2.75) is 6.42 Å². The van der Waals surface area contributed by atoms with Crippen LogP contribution in [0.4, 0.5) is 20.2 Å². The van der Waals surface area contributed by atoms with Gasteiger partial charge in [-0.3, -0.25) is 19.7 Å². The number of carbonyl (C=O) groups excluding carboxylic acids is 2. The Morgan fingerprint density at radius 2 is 1.93 bits per heavy atom. The lowest BCUT2D eigenvalue weighted by Gasteiger charge is -2.09. The normalized spacial score (nSPS) is 10.3. The lowest BCUT2D eigenvalue weighted by Crippen LogP contribution is -2.17. The van der Waals surface area contributed by atoms with Crippen LogP contribution in [0.2, 0.25) is 0 Å². The maximum Gasteiger partial charge on any atom is 0.310 e. The lowest BCUT2D eigenvalue weighted by atomic mass is 10.1. The average Bonchev–Trinajstić information content (AvgIpc) is 2.61. The zero-order valence-corrected chi connectivity index (χ0v) is 13.9. The Kier molecular flexibility index (Phi) is 6.36. The van der Waals surface area contributed by atoms with E-state index in [1.54, 1.807) is 0 Å². The predicted molar refractivity (Wildman–Crippen MR) is 91.1 cm³/mol. The highest BCUT2D eigenvalue weighted by molar-refractivity contribution is 5.94. The van der Waals surface area contributed by atoms with Gasteiger partial charge in [0.2, 0.25) is 5.91 Å². The first kappa shape index (κ1) is 19.8. The van der Waals surface area contributed by atoms with Crippen molar-refractivity contribution in [3.05, 3.63) is 69.3 Å². The molecule has 2 rings (SSSR count). The van der Waals surface area contributed by atoms with Crippen molar-refractivity contribution in [1.29, 1.82) is 0 Å². The van der Waals surface area contributed by atoms with Crippen molar-refractivity contribution >= 4 is 23.3 Å². The molecule has 1 amide bonds. The quantitative estimate of drug-likeness (QED) is 0.313. The van der Waals surface area contributed by atoms with Crippen LogP contribution in [0.25, 0.3) is 0 Å². The molecule has 0 saturated carbocycles. The number of halogens is 2. The number of nitrogens with two attached hydrogens (primary N) is 1. The predicted octanol–water partition coefficient (Wildman–Crippen LogP) is 2.17. The SMILES string of the molecule is NC(=O)c1ccc(NCCOC(=O)Cc2ccc(F)cc2F)c([N+](=O)[O-])c1. The zero-order valence-electron chi connectivity index (χ0n) is 13.9. The van der Waals surface area contributed by atoms with Crippen LogP contribution in [0, 0.1) is 21.7 Å². The molecule has 10 heteroatoms. The average molecular weight is 379 g/mol. The van der Waals surface area contributed by atoms with E-state index in [9.17, 15) is 28.5 Å². The highest BCUT2D eigenvalue weighted by atomic mass is 19.1. The van der Waals surface area contributed by atoms with Crippen molar-refractivity contribution in [2.24, 2.45) is 5.73 Å². The monoisotopic (exact) mass is 379 g/mol. The van der Waals surface area contributed by atoms with Crippen LogP contribution >= 0.6 is 0 Å². The molecule has 0 spiro atoms. The number of hydrogen-bond acceptors (Lipinski definition) is 6. The molecule has 3 N–H and O–H groups in total. The Bertz CT molecular complexity index is 889. The smallest absolute Gasteiger partial charge is 0.310 e. The van der Waals surface area contributed by atoms with E-state index in [4.69, 9.17) is 10.5 Å². The van der Waals surface area contributed by atoms with Crippen molar-refractivity contribution in [3.8, 4) is 0 Å². The van der Waals surface area contributed by atoms with Crippen LogP contribution in [-0.4, -0.2) is 30.0 Å². The molecular weight excluding hydrogens is 364 g/mol. The summed E-state index contributed by atoms with van der Waals surface area (Å²) in [6, 6.07) is 6.51. The fraction of sp³-hybridized carbons (Fsp3) is 0.176. The fourth-order valence-electron chi connectivity index (χ4n) is 2.21. The number of nitrogens with one attached hydrogen (secondary N) is 1. The Morgan fingerprint density at radius 1 is 1.19 bits per heavy atom. The Hall–Kier alpha value is -3.56. The summed E-state index contributed by atoms with van der Waals surface area (Å²) in [6.07, 6.45) is -0.375. The summed E-state index contributed by atoms with van der Waals surface area (Å²) in [5.74, 6) is -3.14. The first-order valence-corrected chi connectivity index (χ1v) is 7.69. The third-order valence-corrected chi connectivity index (χ3v) is 3.51. The molecule has 0 aliphatic carbocycles. The van der Waals surface area contributed by atoms with Gasteiger partial charge in [-0.05, 0) is 23.8 Å². The van der Waals surface area contributed by atoms with Gasteiger partial charge in [0.25, 0.3) is 5.69 Å². The number of rotatable bonds is 8. The summed E-state index contributed by atoms with van der Waals surface area (Å²) in [6.45, 7) is -0.106. The number of hydrogen-bond donors (Lipinski definition) is 2. The highest BCUT2D eigenvalue weighted by Gasteiger charge is 2.16. The van der Waals surface area contributed by atoms with Crippen molar-refractivity contribution in [1.82, 2.24) is 0 Å². The molecule has 0 atom stereocenters. The van der Waals surface area contributed by atoms with E-state index in [0.29, 0.717) is 6.07 Å². The van der Waals surface area contributed by atoms with Crippen LogP contribution in [0.3, 0.4) is 0 Å². The van der Waals surface area contributed by atoms with Gasteiger partial charge in [-0.2, -0.15) is 0 Å². The largest absolute Gasteiger partial charge is 0.464 e. The number of primary amides is 1. The number of nitro groups is 1. The molecule has 0 fully saturated rings. The second kappa shape index (κ2) is 8.70. The van der Waals surface area contributed by atoms with E-state index in [-0.39, 0.29) is 42.1 Å². The van der Waals surface area contributed by atoms with Gasteiger partial charge in [-0.25, -0.2) is 8.78 Å². The Balaban J connectivity index is 1.88. The van der Waals surface area contributed by atoms with E-state index in [1.807, 2.05) is 0 Å². The second-order valence-corrected chi connectivity index (χ2v) is 5.41. The third-order valence-electron chi connectivity index (χ3n) is 3.51. The fourth-order valence-corrected chi connectivity index (χ4v) is 2.21. The molecule has 0 radical (unpaired) electrons. The van der Waals surface area contributed by atoms with E-state index < -0.39 is 28.4 Å². The van der Waals surface area contributed by atoms with Crippen LogP contribution in [0.15, 0.2) is 36.4 Å². The summed E-state index contributed by atoms with van der Waals surface area (Å²) in [5.41, 5.74) is 4.82. The Morgan fingerprint density at radius 3 is 2.56 bits per heavy atom. The standard InChI is InChI=1S/C17H15F2N3O5/c18-12-3-1-10(13(19)9-12)8-16(23)27-6-5-21-14-4-2-11(17(20)24)7-15(14)22(25)26/h1-4,7,9,21H,5-6,8H2,(H2,20,24). The summed E-state index contributed by atoms with van der Waals surface area (Å²) >= 11 is 0. The number of ether oxygens (including phenoxy) is 1. The zero-order chi connectivity index (χ0) is 20.0. The minimum Gasteiger partial charge on any atom is -0.464 e. The third kappa shape index (κ3) is 5.46. The first-order valence-electron chi connectivity index (χ1n) is 7.69. The lowest BCUT2D eigenvalue weighted by molar-refractivity contribution is -0.384. The van der Waals surface area contributed by atoms with Gasteiger partial charge in [0.1, 0.15) is 23.9 Å². The maximum atomic E-state index is 13.5. The van der Waals surface area contributed by atoms with Gasteiger partial charge < -0.3 is 15.8 Å². The van der Waals surface area contributed by atoms with E-state index in [2.05, 4.69) is 5.32 Å². The van der Waals surface area contributed by atoms with Crippen LogP contribution in [-0.2, 0) is 16.0 Å². The molecule has 2 aromatic carbocycles. The van der Waals surface area contributed by atoms with Gasteiger partial charge in [-0.1, -0.05) is 6.07 Å². The molecule has 8 nitrogen and oxygen atoms in total. The molecule has 2 aromatic rings. The number of carbonyl (C=O) groups is 2. The number of nitrogens with zero attached hydrogens (tertiary/aromatic N) is 1. The highest BCUT2D eigenvalue weighted by Crippen LogP contribution is 2.25. The first-order chi connectivity index (χ1) is 12.8. The van der Waals surface area contributed by atoms with Gasteiger partial charge >= 0.3 is 5.97 Å². The minimum absolute atomic E-state index is 0.00737. The van der Waals surface area contributed by atoms with E-state index >= 15 is 0 Å². The summed E-state index contributed by atoms with van der Waals surface area (Å²) in [7, 11) is 0. The number of benzene rings is 2. The molecule has 142 valence electrons. The molecule has 0 unspecified atom stereocenters. The number of anilines is 1. The number of esters is 1. The number of amides is 1. The van der Waals surface area contributed by atoms with Crippen molar-refractivity contribution < 1.29 is 28.0 Å². The van der Waals surface area contributed by atoms with Crippen molar-refractivity contribution in [2.75, 3.05) is 18.5 Å². The molecule has 0 aliphatic heterocycles. The summed E-state index contributed by atoms with van der Waals surface area (Å²) in [4.78, 5) is 33.2. The topological polar surface area (TPSA) is 125 Å². The molecule has 0 aliphatic rings. The molecule has 27 heavy (non-hydrogen) atoms. The van der Waals surface area contributed by atoms with Crippen LogP contribution in [0.1, 0.15) is 15.9 Å². The van der Waals surface area contributed by atoms with Gasteiger partial charge in [-0.15, -0.1) is 0 Å². The molecular formula is C17H15F2N3O5. The van der Waals surface area contributed by atoms with Gasteiger partial charge in [0, 0.05) is 24.2 Å². The second-order valence-electron chi connectivity index (χ2n) is 5.41. The van der Waals surface area contributed by atoms with Gasteiger partial charge in [0.05, 0.1) is 11.3 Å². The van der Waals surface area contributed by atoms with E-state index in [1.165, 1.54) is 12.1 Å². The molecule has 0 heterocycles. The van der Waals surface area contributed by atoms with Crippen molar-refractivity contribution in [3.63, 3.8) is 0 Å². The summed E-state index contributed by atoms with van der Waals surface area (Å²) in [5, 5.41) is 13.8. The molecule has 0 bridgehead atoms. The maximum absolute atomic E-state index is 13.5. The summed E-state index contributed by atoms with van der Waals surface area (Å²) < 4.78 is 31.2. The van der Waals surface area contributed by atoms with E-state index in [0.717, 1.165) is 18.2 Å². The van der Waals surface area contributed by atoms with Crippen LogP contribution < -0.4 is 11.1 Å². The van der Waals surface area contributed by atoms with Gasteiger partial charge in [0.15, 0.2) is 0 Å². The minimum atomic E-state index is -0.852. The number of nitro benzene ring substituents is 1. The van der Waals surface area contributed by atoms with Crippen LogP contribution in [0.5, 0.6) is 0 Å². The molecule has 0 aromatic heterocycles. The Labute approximate surface area is 152 Å².